The Balaban J connectivity index is 2.43. The summed E-state index contributed by atoms with van der Waals surface area (Å²) < 4.78 is 5.14. The average molecular weight is 199 g/mol. The van der Waals surface area contributed by atoms with Crippen molar-refractivity contribution in [2.75, 3.05) is 7.11 Å². The van der Waals surface area contributed by atoms with Gasteiger partial charge >= 0.3 is 0 Å². The topological polar surface area (TPSA) is 59.3 Å². The molecule has 1 unspecified atom stereocenters. The van der Waals surface area contributed by atoms with Crippen molar-refractivity contribution >= 4 is 17.3 Å². The third-order valence-electron chi connectivity index (χ3n) is 1.75. The van der Waals surface area contributed by atoms with Crippen LogP contribution in [0.2, 0.25) is 0 Å². The monoisotopic (exact) mass is 199 g/mol. The molecule has 0 bridgehead atoms. The molecular weight excluding hydrogens is 186 g/mol. The molecule has 72 valence electrons. The highest BCUT2D eigenvalue weighted by atomic mass is 32.1. The van der Waals surface area contributed by atoms with Crippen molar-refractivity contribution in [3.8, 4) is 0 Å². The second-order valence-electron chi connectivity index (χ2n) is 2.63. The largest absolute Gasteiger partial charge is 0.377 e. The minimum atomic E-state index is 0.171. The van der Waals surface area contributed by atoms with E-state index in [9.17, 15) is 0 Å². The summed E-state index contributed by atoms with van der Waals surface area (Å²) in [6.45, 7) is 0. The van der Waals surface area contributed by atoms with Crippen LogP contribution in [-0.2, 0) is 4.74 Å². The summed E-state index contributed by atoms with van der Waals surface area (Å²) in [5, 5.41) is 3.34. The Morgan fingerprint density at radius 1 is 1.77 bits per heavy atom. The molecule has 4 N–H and O–H groups in total. The number of hydrogen-bond donors (Lipinski definition) is 3. The Labute approximate surface area is 82.8 Å². The molecule has 1 rings (SSSR count). The fourth-order valence-corrected chi connectivity index (χ4v) is 1.15. The van der Waals surface area contributed by atoms with E-state index < -0.39 is 0 Å². The number of thiocarbonyl (C=S) groups is 1. The molecule has 4 nitrogen and oxygen atoms in total. The number of hydrazine groups is 1. The standard InChI is InChI=1S/C8H13N3OS/c1-12-7-4-2-6(3-5-7)10-8(13)11-9/h2-4,7H,5,9H2,1H3,(H2,10,11,13). The first-order valence-corrected chi connectivity index (χ1v) is 4.36. The van der Waals surface area contributed by atoms with Crippen molar-refractivity contribution in [3.05, 3.63) is 23.9 Å². The van der Waals surface area contributed by atoms with Crippen LogP contribution in [0.4, 0.5) is 0 Å². The fraction of sp³-hybridized carbons (Fsp3) is 0.375. The molecule has 1 aliphatic rings. The van der Waals surface area contributed by atoms with E-state index in [2.05, 4.69) is 10.7 Å². The van der Waals surface area contributed by atoms with E-state index in [1.807, 2.05) is 18.2 Å². The first-order valence-electron chi connectivity index (χ1n) is 3.95. The van der Waals surface area contributed by atoms with Gasteiger partial charge in [0.25, 0.3) is 0 Å². The lowest BCUT2D eigenvalue weighted by Crippen LogP contribution is -2.39. The summed E-state index contributed by atoms with van der Waals surface area (Å²) in [5.74, 6) is 5.11. The fourth-order valence-electron chi connectivity index (χ4n) is 1.04. The molecule has 0 spiro atoms. The van der Waals surface area contributed by atoms with Crippen molar-refractivity contribution < 1.29 is 4.74 Å². The third kappa shape index (κ3) is 3.14. The number of allylic oxidation sites excluding steroid dienone is 1. The summed E-state index contributed by atoms with van der Waals surface area (Å²) in [5.41, 5.74) is 3.29. The number of rotatable bonds is 2. The Morgan fingerprint density at radius 2 is 2.54 bits per heavy atom. The van der Waals surface area contributed by atoms with Crippen LogP contribution < -0.4 is 16.6 Å². The predicted octanol–water partition coefficient (Wildman–Crippen LogP) is 0.183. The molecule has 0 aliphatic heterocycles. The molecule has 0 heterocycles. The zero-order chi connectivity index (χ0) is 9.68. The van der Waals surface area contributed by atoms with Crippen LogP contribution in [-0.4, -0.2) is 18.3 Å². The van der Waals surface area contributed by atoms with E-state index in [4.69, 9.17) is 22.8 Å². The van der Waals surface area contributed by atoms with Gasteiger partial charge in [-0.15, -0.1) is 0 Å². The van der Waals surface area contributed by atoms with Crippen LogP contribution in [0.1, 0.15) is 6.42 Å². The molecular formula is C8H13N3OS. The van der Waals surface area contributed by atoms with Crippen LogP contribution in [0.3, 0.4) is 0 Å². The lowest BCUT2D eigenvalue weighted by Gasteiger charge is -2.15. The van der Waals surface area contributed by atoms with Gasteiger partial charge in [-0.05, 0) is 24.7 Å². The van der Waals surface area contributed by atoms with E-state index in [0.717, 1.165) is 12.1 Å². The Hall–Kier alpha value is -0.910. The quantitative estimate of drug-likeness (QED) is 0.336. The summed E-state index contributed by atoms with van der Waals surface area (Å²) in [7, 11) is 1.69. The predicted molar refractivity (Wildman–Crippen MR) is 55.7 cm³/mol. The Kier molecular flexibility index (Phi) is 3.88. The summed E-state index contributed by atoms with van der Waals surface area (Å²) >= 11 is 4.84. The highest BCUT2D eigenvalue weighted by Gasteiger charge is 2.07. The maximum atomic E-state index is 5.14. The zero-order valence-corrected chi connectivity index (χ0v) is 8.23. The van der Waals surface area contributed by atoms with Crippen LogP contribution in [0.5, 0.6) is 0 Å². The van der Waals surface area contributed by atoms with Gasteiger partial charge in [0.15, 0.2) is 5.11 Å². The van der Waals surface area contributed by atoms with E-state index in [-0.39, 0.29) is 6.10 Å². The van der Waals surface area contributed by atoms with Gasteiger partial charge in [0.05, 0.1) is 6.10 Å². The molecule has 0 aromatic carbocycles. The summed E-state index contributed by atoms with van der Waals surface area (Å²) in [6, 6.07) is 0. The minimum Gasteiger partial charge on any atom is -0.377 e. The lowest BCUT2D eigenvalue weighted by atomic mass is 10.1. The van der Waals surface area contributed by atoms with Crippen LogP contribution in [0.25, 0.3) is 0 Å². The van der Waals surface area contributed by atoms with Gasteiger partial charge in [0, 0.05) is 12.8 Å². The third-order valence-corrected chi connectivity index (χ3v) is 1.97. The SMILES string of the molecule is COC1C=CC(NC(=S)NN)=CC1. The number of nitrogens with two attached hydrogens (primary N) is 1. The number of ether oxygens (including phenoxy) is 1. The molecule has 1 aliphatic carbocycles. The van der Waals surface area contributed by atoms with Gasteiger partial charge in [0.1, 0.15) is 0 Å². The van der Waals surface area contributed by atoms with Crippen molar-refractivity contribution in [3.63, 3.8) is 0 Å². The summed E-state index contributed by atoms with van der Waals surface area (Å²) in [6.07, 6.45) is 6.92. The van der Waals surface area contributed by atoms with Gasteiger partial charge in [-0.25, -0.2) is 5.84 Å². The highest BCUT2D eigenvalue weighted by molar-refractivity contribution is 7.80. The number of nitrogens with one attached hydrogen (secondary N) is 2. The van der Waals surface area contributed by atoms with Gasteiger partial charge in [-0.2, -0.15) is 0 Å². The van der Waals surface area contributed by atoms with E-state index >= 15 is 0 Å². The van der Waals surface area contributed by atoms with Crippen LogP contribution in [0.15, 0.2) is 23.9 Å². The molecule has 0 radical (unpaired) electrons. The van der Waals surface area contributed by atoms with Crippen molar-refractivity contribution in [1.82, 2.24) is 10.7 Å². The van der Waals surface area contributed by atoms with E-state index in [1.165, 1.54) is 0 Å². The number of methoxy groups -OCH3 is 1. The van der Waals surface area contributed by atoms with Crippen molar-refractivity contribution in [2.45, 2.75) is 12.5 Å². The van der Waals surface area contributed by atoms with Gasteiger partial charge in [-0.3, -0.25) is 0 Å². The molecule has 0 aromatic heterocycles. The molecule has 13 heavy (non-hydrogen) atoms. The lowest BCUT2D eigenvalue weighted by molar-refractivity contribution is 0.142. The molecule has 0 fully saturated rings. The Bertz CT molecular complexity index is 250. The van der Waals surface area contributed by atoms with Crippen molar-refractivity contribution in [1.29, 1.82) is 0 Å². The van der Waals surface area contributed by atoms with Gasteiger partial charge in [0.2, 0.25) is 0 Å². The highest BCUT2D eigenvalue weighted by Crippen LogP contribution is 2.10. The first-order chi connectivity index (χ1) is 6.26. The molecule has 0 saturated carbocycles. The first kappa shape index (κ1) is 10.2. The Morgan fingerprint density at radius 3 is 3.00 bits per heavy atom. The van der Waals surface area contributed by atoms with Gasteiger partial charge in [-0.1, -0.05) is 12.2 Å². The van der Waals surface area contributed by atoms with E-state index in [1.54, 1.807) is 7.11 Å². The van der Waals surface area contributed by atoms with Crippen molar-refractivity contribution in [2.24, 2.45) is 5.84 Å². The average Bonchev–Trinajstić information content (AvgIpc) is 2.19. The molecule has 1 atom stereocenters. The molecule has 0 amide bonds. The maximum absolute atomic E-state index is 5.14. The summed E-state index contributed by atoms with van der Waals surface area (Å²) in [4.78, 5) is 0. The second kappa shape index (κ2) is 4.96. The van der Waals surface area contributed by atoms with Gasteiger partial charge < -0.3 is 15.5 Å². The molecule has 0 saturated heterocycles. The van der Waals surface area contributed by atoms with Crippen LogP contribution in [0, 0.1) is 0 Å². The zero-order valence-electron chi connectivity index (χ0n) is 7.41. The molecule has 0 aromatic rings. The second-order valence-corrected chi connectivity index (χ2v) is 3.04. The normalized spacial score (nSPS) is 20.8. The maximum Gasteiger partial charge on any atom is 0.185 e. The minimum absolute atomic E-state index is 0.171. The van der Waals surface area contributed by atoms with E-state index in [0.29, 0.717) is 5.11 Å². The molecule has 5 heteroatoms. The van der Waals surface area contributed by atoms with Crippen LogP contribution >= 0.6 is 12.2 Å². The smallest absolute Gasteiger partial charge is 0.185 e. The number of hydrogen-bond acceptors (Lipinski definition) is 3.